The van der Waals surface area contributed by atoms with Crippen molar-refractivity contribution in [3.05, 3.63) is 83.4 Å². The standard InChI is InChI=1S/C29H31N3O5/c1-35-25-9-5-2-6-20(25)12-15-30-29(34)23-7-3-4-8-24(23)32-16-13-22(14-17-32)31-28(33)21-10-11-26-27(18-21)37-19-36-26/h2-11,18,22H,12-17,19H2,1H3,(H,30,34)(H,31,33). The number of hydrogen-bond donors (Lipinski definition) is 2. The van der Waals surface area contributed by atoms with Gasteiger partial charge in [-0.1, -0.05) is 30.3 Å². The molecule has 3 aromatic rings. The molecule has 2 heterocycles. The summed E-state index contributed by atoms with van der Waals surface area (Å²) in [6.45, 7) is 2.19. The van der Waals surface area contributed by atoms with Crippen molar-refractivity contribution in [1.29, 1.82) is 0 Å². The molecule has 0 aromatic heterocycles. The Morgan fingerprint density at radius 2 is 1.70 bits per heavy atom. The second kappa shape index (κ2) is 11.2. The van der Waals surface area contributed by atoms with Gasteiger partial charge in [0.25, 0.3) is 11.8 Å². The van der Waals surface area contributed by atoms with E-state index in [1.165, 1.54) is 0 Å². The molecule has 0 unspecified atom stereocenters. The molecule has 8 nitrogen and oxygen atoms in total. The van der Waals surface area contributed by atoms with Crippen molar-refractivity contribution in [2.75, 3.05) is 38.4 Å². The predicted octanol–water partition coefficient (Wildman–Crippen LogP) is 3.80. The van der Waals surface area contributed by atoms with Crippen LogP contribution in [0, 0.1) is 0 Å². The van der Waals surface area contributed by atoms with E-state index >= 15 is 0 Å². The van der Waals surface area contributed by atoms with Crippen molar-refractivity contribution < 1.29 is 23.8 Å². The number of rotatable bonds is 8. The molecular formula is C29H31N3O5. The maximum atomic E-state index is 13.1. The SMILES string of the molecule is COc1ccccc1CCNC(=O)c1ccccc1N1CCC(NC(=O)c2ccc3c(c2)OCO3)CC1. The Hall–Kier alpha value is -4.20. The quantitative estimate of drug-likeness (QED) is 0.488. The molecule has 3 aromatic carbocycles. The summed E-state index contributed by atoms with van der Waals surface area (Å²) >= 11 is 0. The highest BCUT2D eigenvalue weighted by atomic mass is 16.7. The van der Waals surface area contributed by atoms with Gasteiger partial charge in [-0.05, 0) is 61.2 Å². The van der Waals surface area contributed by atoms with Crippen LogP contribution in [0.2, 0.25) is 0 Å². The second-order valence-electron chi connectivity index (χ2n) is 9.14. The summed E-state index contributed by atoms with van der Waals surface area (Å²) in [5.41, 5.74) is 3.19. The minimum absolute atomic E-state index is 0.0658. The third-order valence-corrected chi connectivity index (χ3v) is 6.83. The number of piperidine rings is 1. The van der Waals surface area contributed by atoms with Crippen LogP contribution in [-0.4, -0.2) is 51.4 Å². The highest BCUT2D eigenvalue weighted by molar-refractivity contribution is 6.00. The zero-order valence-corrected chi connectivity index (χ0v) is 20.9. The van der Waals surface area contributed by atoms with Crippen LogP contribution in [0.4, 0.5) is 5.69 Å². The molecule has 2 amide bonds. The van der Waals surface area contributed by atoms with E-state index in [1.807, 2.05) is 48.5 Å². The average molecular weight is 502 g/mol. The van der Waals surface area contributed by atoms with Gasteiger partial charge < -0.3 is 29.7 Å². The smallest absolute Gasteiger partial charge is 0.253 e. The average Bonchev–Trinajstić information content (AvgIpc) is 3.42. The first-order valence-electron chi connectivity index (χ1n) is 12.6. The summed E-state index contributed by atoms with van der Waals surface area (Å²) in [6.07, 6.45) is 2.27. The number of fused-ring (bicyclic) bond motifs is 1. The number of para-hydroxylation sites is 2. The fourth-order valence-electron chi connectivity index (χ4n) is 4.83. The lowest BCUT2D eigenvalue weighted by atomic mass is 10.0. The monoisotopic (exact) mass is 501 g/mol. The Bertz CT molecular complexity index is 1270. The van der Waals surface area contributed by atoms with Crippen molar-refractivity contribution in [2.45, 2.75) is 25.3 Å². The predicted molar refractivity (Wildman–Crippen MR) is 141 cm³/mol. The molecule has 2 aliphatic heterocycles. The number of nitrogens with one attached hydrogen (secondary N) is 2. The molecule has 0 bridgehead atoms. The number of hydrogen-bond acceptors (Lipinski definition) is 6. The molecule has 0 spiro atoms. The van der Waals surface area contributed by atoms with Gasteiger partial charge in [0, 0.05) is 36.9 Å². The van der Waals surface area contributed by atoms with Crippen LogP contribution < -0.4 is 29.7 Å². The van der Waals surface area contributed by atoms with E-state index in [1.54, 1.807) is 25.3 Å². The van der Waals surface area contributed by atoms with E-state index < -0.39 is 0 Å². The number of nitrogens with zero attached hydrogens (tertiary/aromatic N) is 1. The molecule has 1 fully saturated rings. The largest absolute Gasteiger partial charge is 0.496 e. The number of carbonyl (C=O) groups excluding carboxylic acids is 2. The topological polar surface area (TPSA) is 89.1 Å². The first-order valence-corrected chi connectivity index (χ1v) is 12.6. The van der Waals surface area contributed by atoms with Gasteiger partial charge in [0.2, 0.25) is 6.79 Å². The normalized spacial score (nSPS) is 14.8. The fourth-order valence-corrected chi connectivity index (χ4v) is 4.83. The number of benzene rings is 3. The van der Waals surface area contributed by atoms with Crippen molar-refractivity contribution in [3.8, 4) is 17.2 Å². The molecule has 0 aliphatic carbocycles. The zero-order chi connectivity index (χ0) is 25.6. The van der Waals surface area contributed by atoms with Gasteiger partial charge in [0.1, 0.15) is 5.75 Å². The Morgan fingerprint density at radius 3 is 2.54 bits per heavy atom. The van der Waals surface area contributed by atoms with Crippen LogP contribution in [-0.2, 0) is 6.42 Å². The Kier molecular flexibility index (Phi) is 7.44. The second-order valence-corrected chi connectivity index (χ2v) is 9.14. The summed E-state index contributed by atoms with van der Waals surface area (Å²) < 4.78 is 16.1. The maximum Gasteiger partial charge on any atom is 0.253 e. The summed E-state index contributed by atoms with van der Waals surface area (Å²) in [4.78, 5) is 28.0. The molecule has 0 atom stereocenters. The van der Waals surface area contributed by atoms with E-state index in [0.717, 1.165) is 42.9 Å². The van der Waals surface area contributed by atoms with Crippen molar-refractivity contribution in [3.63, 3.8) is 0 Å². The Labute approximate surface area is 216 Å². The lowest BCUT2D eigenvalue weighted by Gasteiger charge is -2.35. The highest BCUT2D eigenvalue weighted by Gasteiger charge is 2.25. The van der Waals surface area contributed by atoms with E-state index in [0.29, 0.717) is 35.6 Å². The van der Waals surface area contributed by atoms with Gasteiger partial charge in [-0.15, -0.1) is 0 Å². The molecule has 2 N–H and O–H groups in total. The molecule has 5 rings (SSSR count). The van der Waals surface area contributed by atoms with Crippen molar-refractivity contribution >= 4 is 17.5 Å². The van der Waals surface area contributed by atoms with E-state index in [4.69, 9.17) is 14.2 Å². The third kappa shape index (κ3) is 5.63. The molecule has 2 aliphatic rings. The van der Waals surface area contributed by atoms with Gasteiger partial charge in [-0.3, -0.25) is 9.59 Å². The van der Waals surface area contributed by atoms with Crippen LogP contribution in [0.1, 0.15) is 39.1 Å². The maximum absolute atomic E-state index is 13.1. The summed E-state index contributed by atoms with van der Waals surface area (Å²) in [7, 11) is 1.65. The number of anilines is 1. The zero-order valence-electron chi connectivity index (χ0n) is 20.9. The number of methoxy groups -OCH3 is 1. The number of carbonyl (C=O) groups is 2. The van der Waals surface area contributed by atoms with Crippen LogP contribution in [0.3, 0.4) is 0 Å². The third-order valence-electron chi connectivity index (χ3n) is 6.83. The minimum atomic E-state index is -0.119. The first kappa shape index (κ1) is 24.5. The fraction of sp³-hybridized carbons (Fsp3) is 0.310. The van der Waals surface area contributed by atoms with Gasteiger partial charge in [-0.25, -0.2) is 0 Å². The molecule has 0 saturated carbocycles. The minimum Gasteiger partial charge on any atom is -0.496 e. The summed E-state index contributed by atoms with van der Waals surface area (Å²) in [5.74, 6) is 1.87. The molecular weight excluding hydrogens is 470 g/mol. The Morgan fingerprint density at radius 1 is 0.946 bits per heavy atom. The molecule has 8 heteroatoms. The van der Waals surface area contributed by atoms with Crippen LogP contribution in [0.5, 0.6) is 17.2 Å². The summed E-state index contributed by atoms with van der Waals surface area (Å²) in [5, 5.41) is 6.19. The number of ether oxygens (including phenoxy) is 3. The lowest BCUT2D eigenvalue weighted by molar-refractivity contribution is 0.0929. The van der Waals surface area contributed by atoms with Crippen molar-refractivity contribution in [1.82, 2.24) is 10.6 Å². The van der Waals surface area contributed by atoms with Gasteiger partial charge in [0.05, 0.1) is 12.7 Å². The molecule has 192 valence electrons. The summed E-state index contributed by atoms with van der Waals surface area (Å²) in [6, 6.07) is 20.8. The van der Waals surface area contributed by atoms with Gasteiger partial charge in [-0.2, -0.15) is 0 Å². The first-order chi connectivity index (χ1) is 18.1. The van der Waals surface area contributed by atoms with E-state index in [9.17, 15) is 9.59 Å². The van der Waals surface area contributed by atoms with Gasteiger partial charge in [0.15, 0.2) is 11.5 Å². The molecule has 1 saturated heterocycles. The molecule has 37 heavy (non-hydrogen) atoms. The lowest BCUT2D eigenvalue weighted by Crippen LogP contribution is -2.45. The van der Waals surface area contributed by atoms with Crippen LogP contribution in [0.25, 0.3) is 0 Å². The van der Waals surface area contributed by atoms with E-state index in [-0.39, 0.29) is 24.6 Å². The van der Waals surface area contributed by atoms with E-state index in [2.05, 4.69) is 15.5 Å². The van der Waals surface area contributed by atoms with Crippen molar-refractivity contribution in [2.24, 2.45) is 0 Å². The van der Waals surface area contributed by atoms with Crippen LogP contribution >= 0.6 is 0 Å². The van der Waals surface area contributed by atoms with Crippen LogP contribution in [0.15, 0.2) is 66.7 Å². The van der Waals surface area contributed by atoms with Gasteiger partial charge >= 0.3 is 0 Å². The molecule has 0 radical (unpaired) electrons. The number of amides is 2. The Balaban J connectivity index is 1.15. The highest BCUT2D eigenvalue weighted by Crippen LogP contribution is 2.32.